The Morgan fingerprint density at radius 3 is 2.20 bits per heavy atom. The van der Waals surface area contributed by atoms with Gasteiger partial charge in [0.1, 0.15) is 0 Å². The van der Waals surface area contributed by atoms with Crippen molar-refractivity contribution in [1.82, 2.24) is 15.0 Å². The van der Waals surface area contributed by atoms with E-state index < -0.39 is 0 Å². The fourth-order valence-electron chi connectivity index (χ4n) is 2.54. The highest BCUT2D eigenvalue weighted by Crippen LogP contribution is 2.37. The van der Waals surface area contributed by atoms with Crippen LogP contribution in [-0.2, 0) is 0 Å². The molecule has 1 aliphatic carbocycles. The molecule has 0 radical (unpaired) electrons. The maximum Gasteiger partial charge on any atom is 0.243 e. The molecule has 1 aliphatic rings. The van der Waals surface area contributed by atoms with Gasteiger partial charge in [-0.25, -0.2) is 5.84 Å². The lowest BCUT2D eigenvalue weighted by molar-refractivity contribution is 0.268. The number of nitrogens with zero attached hydrogens (tertiary/aromatic N) is 4. The second kappa shape index (κ2) is 6.21. The zero-order chi connectivity index (χ0) is 14.6. The van der Waals surface area contributed by atoms with Crippen LogP contribution in [-0.4, -0.2) is 33.6 Å². The average Bonchev–Trinajstić information content (AvgIpc) is 2.44. The molecule has 1 fully saturated rings. The van der Waals surface area contributed by atoms with Crippen molar-refractivity contribution in [1.29, 1.82) is 0 Å². The molecule has 0 spiro atoms. The van der Waals surface area contributed by atoms with Crippen LogP contribution in [0.1, 0.15) is 46.5 Å². The predicted molar refractivity (Wildman–Crippen MR) is 81.7 cm³/mol. The Morgan fingerprint density at radius 2 is 1.75 bits per heavy atom. The Bertz CT molecular complexity index is 435. The first-order chi connectivity index (χ1) is 9.66. The number of aromatic nitrogens is 3. The summed E-state index contributed by atoms with van der Waals surface area (Å²) in [7, 11) is 0. The van der Waals surface area contributed by atoms with E-state index in [0.717, 1.165) is 19.5 Å². The molecule has 0 bridgehead atoms. The summed E-state index contributed by atoms with van der Waals surface area (Å²) in [5.41, 5.74) is 2.67. The van der Waals surface area contributed by atoms with Crippen molar-refractivity contribution in [2.24, 2.45) is 5.84 Å². The number of anilines is 3. The van der Waals surface area contributed by atoms with Crippen LogP contribution < -0.4 is 21.5 Å². The Morgan fingerprint density at radius 1 is 1.10 bits per heavy atom. The molecule has 1 heterocycles. The molecular formula is C13H25N7. The second-order valence-corrected chi connectivity index (χ2v) is 5.21. The number of nitrogens with two attached hydrogens (primary N) is 1. The standard InChI is InChI=1S/C13H25N7/c1-4-13(8-7-9-13)18-10-15-11(19-14)17-12(16-10)20(5-2)6-3/h4-9,14H2,1-3H3,(H2,15,16,17,18,19). The van der Waals surface area contributed by atoms with Crippen molar-refractivity contribution in [3.05, 3.63) is 0 Å². The highest BCUT2D eigenvalue weighted by atomic mass is 15.4. The SMILES string of the molecule is CCN(CC)c1nc(NN)nc(NC2(CC)CCC2)n1. The molecule has 0 unspecified atom stereocenters. The van der Waals surface area contributed by atoms with Crippen LogP contribution >= 0.6 is 0 Å². The van der Waals surface area contributed by atoms with Gasteiger partial charge < -0.3 is 10.2 Å². The topological polar surface area (TPSA) is 92.0 Å². The normalized spacial score (nSPS) is 16.4. The maximum absolute atomic E-state index is 5.46. The van der Waals surface area contributed by atoms with E-state index in [-0.39, 0.29) is 5.54 Å². The Labute approximate surface area is 120 Å². The number of nitrogen functional groups attached to an aromatic ring is 1. The van der Waals surface area contributed by atoms with Gasteiger partial charge in [-0.15, -0.1) is 0 Å². The fraction of sp³-hybridized carbons (Fsp3) is 0.769. The largest absolute Gasteiger partial charge is 0.349 e. The van der Waals surface area contributed by atoms with Gasteiger partial charge in [0.2, 0.25) is 17.8 Å². The maximum atomic E-state index is 5.46. The summed E-state index contributed by atoms with van der Waals surface area (Å²) < 4.78 is 0. The van der Waals surface area contributed by atoms with Crippen LogP contribution in [0, 0.1) is 0 Å². The molecule has 112 valence electrons. The fourth-order valence-corrected chi connectivity index (χ4v) is 2.54. The summed E-state index contributed by atoms with van der Waals surface area (Å²) in [4.78, 5) is 15.3. The number of hydrogen-bond acceptors (Lipinski definition) is 7. The van der Waals surface area contributed by atoms with Crippen LogP contribution in [0.4, 0.5) is 17.8 Å². The van der Waals surface area contributed by atoms with Crippen LogP contribution in [0.15, 0.2) is 0 Å². The predicted octanol–water partition coefficient (Wildman–Crippen LogP) is 1.75. The summed E-state index contributed by atoms with van der Waals surface area (Å²) in [6.45, 7) is 8.05. The lowest BCUT2D eigenvalue weighted by Gasteiger charge is -2.42. The third-order valence-corrected chi connectivity index (χ3v) is 4.16. The lowest BCUT2D eigenvalue weighted by Crippen LogP contribution is -2.45. The van der Waals surface area contributed by atoms with E-state index >= 15 is 0 Å². The lowest BCUT2D eigenvalue weighted by atomic mass is 9.75. The van der Waals surface area contributed by atoms with E-state index in [2.05, 4.69) is 51.4 Å². The van der Waals surface area contributed by atoms with E-state index in [1.165, 1.54) is 19.3 Å². The first-order valence-corrected chi connectivity index (χ1v) is 7.42. The van der Waals surface area contributed by atoms with E-state index in [9.17, 15) is 0 Å². The van der Waals surface area contributed by atoms with Gasteiger partial charge in [0.25, 0.3) is 0 Å². The van der Waals surface area contributed by atoms with Crippen molar-refractivity contribution in [2.45, 2.75) is 52.0 Å². The zero-order valence-corrected chi connectivity index (χ0v) is 12.6. The van der Waals surface area contributed by atoms with Gasteiger partial charge in [-0.05, 0) is 39.5 Å². The number of hydrazine groups is 1. The minimum Gasteiger partial charge on any atom is -0.349 e. The summed E-state index contributed by atoms with van der Waals surface area (Å²) in [6.07, 6.45) is 4.67. The molecule has 1 aromatic rings. The number of hydrogen-bond donors (Lipinski definition) is 3. The third-order valence-electron chi connectivity index (χ3n) is 4.16. The minimum atomic E-state index is 0.147. The smallest absolute Gasteiger partial charge is 0.243 e. The molecular weight excluding hydrogens is 254 g/mol. The summed E-state index contributed by atoms with van der Waals surface area (Å²) >= 11 is 0. The minimum absolute atomic E-state index is 0.147. The molecule has 0 amide bonds. The van der Waals surface area contributed by atoms with Gasteiger partial charge in [0, 0.05) is 18.6 Å². The van der Waals surface area contributed by atoms with Gasteiger partial charge in [-0.2, -0.15) is 15.0 Å². The average molecular weight is 279 g/mol. The van der Waals surface area contributed by atoms with Crippen LogP contribution in [0.25, 0.3) is 0 Å². The highest BCUT2D eigenvalue weighted by Gasteiger charge is 2.35. The van der Waals surface area contributed by atoms with Crippen LogP contribution in [0.2, 0.25) is 0 Å². The molecule has 20 heavy (non-hydrogen) atoms. The van der Waals surface area contributed by atoms with Crippen LogP contribution in [0.5, 0.6) is 0 Å². The van der Waals surface area contributed by atoms with Crippen molar-refractivity contribution < 1.29 is 0 Å². The van der Waals surface area contributed by atoms with Crippen molar-refractivity contribution in [2.75, 3.05) is 28.7 Å². The Balaban J connectivity index is 2.25. The molecule has 1 aromatic heterocycles. The van der Waals surface area contributed by atoms with Gasteiger partial charge >= 0.3 is 0 Å². The molecule has 2 rings (SSSR count). The highest BCUT2D eigenvalue weighted by molar-refractivity contribution is 5.44. The van der Waals surface area contributed by atoms with Gasteiger partial charge in [-0.3, -0.25) is 5.43 Å². The Kier molecular flexibility index (Phi) is 4.59. The second-order valence-electron chi connectivity index (χ2n) is 5.21. The molecule has 7 nitrogen and oxygen atoms in total. The van der Waals surface area contributed by atoms with E-state index in [0.29, 0.717) is 17.8 Å². The molecule has 0 aromatic carbocycles. The van der Waals surface area contributed by atoms with Crippen LogP contribution in [0.3, 0.4) is 0 Å². The number of rotatable bonds is 7. The first-order valence-electron chi connectivity index (χ1n) is 7.42. The monoisotopic (exact) mass is 279 g/mol. The molecule has 1 saturated carbocycles. The van der Waals surface area contributed by atoms with Gasteiger partial charge in [-0.1, -0.05) is 6.92 Å². The van der Waals surface area contributed by atoms with E-state index in [1.54, 1.807) is 0 Å². The first kappa shape index (κ1) is 14.8. The Hall–Kier alpha value is -1.63. The van der Waals surface area contributed by atoms with Crippen molar-refractivity contribution in [3.63, 3.8) is 0 Å². The van der Waals surface area contributed by atoms with E-state index in [1.807, 2.05) is 0 Å². The molecule has 4 N–H and O–H groups in total. The van der Waals surface area contributed by atoms with Gasteiger partial charge in [0.15, 0.2) is 0 Å². The van der Waals surface area contributed by atoms with Crippen molar-refractivity contribution in [3.8, 4) is 0 Å². The molecule has 0 saturated heterocycles. The summed E-state index contributed by atoms with van der Waals surface area (Å²) in [6, 6.07) is 0. The molecule has 0 aliphatic heterocycles. The molecule has 7 heteroatoms. The quantitative estimate of drug-likeness (QED) is 0.517. The summed E-state index contributed by atoms with van der Waals surface area (Å²) in [5, 5.41) is 3.48. The number of nitrogens with one attached hydrogen (secondary N) is 2. The van der Waals surface area contributed by atoms with E-state index in [4.69, 9.17) is 5.84 Å². The third kappa shape index (κ3) is 2.92. The zero-order valence-electron chi connectivity index (χ0n) is 12.6. The van der Waals surface area contributed by atoms with Crippen molar-refractivity contribution >= 4 is 17.8 Å². The summed E-state index contributed by atoms with van der Waals surface area (Å²) in [5.74, 6) is 7.13. The molecule has 0 atom stereocenters. The van der Waals surface area contributed by atoms with Gasteiger partial charge in [0.05, 0.1) is 0 Å².